The Morgan fingerprint density at radius 2 is 2.00 bits per heavy atom. The summed E-state index contributed by atoms with van der Waals surface area (Å²) in [5.74, 6) is 1.40. The number of hydrogen-bond donors (Lipinski definition) is 1. The second kappa shape index (κ2) is 5.51. The Balaban J connectivity index is 2.12. The molecule has 1 aromatic carbocycles. The van der Waals surface area contributed by atoms with E-state index in [9.17, 15) is 4.79 Å². The molecule has 104 valence electrons. The topological polar surface area (TPSA) is 47.6 Å². The van der Waals surface area contributed by atoms with Crippen molar-refractivity contribution in [3.8, 4) is 11.5 Å². The lowest BCUT2D eigenvalue weighted by atomic mass is 9.79. The highest BCUT2D eigenvalue weighted by Crippen LogP contribution is 2.37. The third-order valence-electron chi connectivity index (χ3n) is 3.29. The summed E-state index contributed by atoms with van der Waals surface area (Å²) in [4.78, 5) is 11.9. The monoisotopic (exact) mass is 263 g/mol. The molecule has 0 heterocycles. The first-order chi connectivity index (χ1) is 9.05. The molecular weight excluding hydrogens is 242 g/mol. The number of benzene rings is 1. The fourth-order valence-corrected chi connectivity index (χ4v) is 2.21. The molecule has 1 N–H and O–H groups in total. The predicted octanol–water partition coefficient (Wildman–Crippen LogP) is 2.52. The van der Waals surface area contributed by atoms with Crippen molar-refractivity contribution in [2.24, 2.45) is 0 Å². The third-order valence-corrected chi connectivity index (χ3v) is 3.29. The number of carbonyl (C=O) groups is 1. The first-order valence-corrected chi connectivity index (χ1v) is 6.74. The zero-order chi connectivity index (χ0) is 13.9. The summed E-state index contributed by atoms with van der Waals surface area (Å²) in [6, 6.07) is 7.46. The van der Waals surface area contributed by atoms with Crippen molar-refractivity contribution in [3.05, 3.63) is 24.3 Å². The molecule has 0 radical (unpaired) electrons. The fraction of sp³-hybridized carbons (Fsp3) is 0.533. The van der Waals surface area contributed by atoms with Crippen LogP contribution >= 0.6 is 0 Å². The van der Waals surface area contributed by atoms with Gasteiger partial charge in [-0.15, -0.1) is 0 Å². The van der Waals surface area contributed by atoms with Gasteiger partial charge >= 0.3 is 0 Å². The van der Waals surface area contributed by atoms with Crippen molar-refractivity contribution in [1.82, 2.24) is 5.32 Å². The van der Waals surface area contributed by atoms with Crippen molar-refractivity contribution in [1.29, 1.82) is 0 Å². The Morgan fingerprint density at radius 1 is 1.32 bits per heavy atom. The van der Waals surface area contributed by atoms with Gasteiger partial charge in [0.25, 0.3) is 5.91 Å². The molecule has 0 spiro atoms. The van der Waals surface area contributed by atoms with E-state index < -0.39 is 5.60 Å². The van der Waals surface area contributed by atoms with E-state index in [0.717, 1.165) is 25.0 Å². The standard InChI is InChI=1S/C15H21NO3/c1-11(2)18-12-6-4-7-13(10-12)19-15(8-5-9-15)14(17)16-3/h4,6-7,10-11H,5,8-9H2,1-3H3,(H,16,17). The molecule has 1 amide bonds. The molecule has 1 aromatic rings. The average Bonchev–Trinajstić information content (AvgIpc) is 2.32. The number of amides is 1. The van der Waals surface area contributed by atoms with E-state index in [1.165, 1.54) is 0 Å². The number of nitrogens with one attached hydrogen (secondary N) is 1. The second-order valence-electron chi connectivity index (χ2n) is 5.17. The van der Waals surface area contributed by atoms with Gasteiger partial charge in [0.05, 0.1) is 6.10 Å². The van der Waals surface area contributed by atoms with Crippen LogP contribution in [0.25, 0.3) is 0 Å². The molecule has 4 nitrogen and oxygen atoms in total. The van der Waals surface area contributed by atoms with Crippen LogP contribution in [0.15, 0.2) is 24.3 Å². The smallest absolute Gasteiger partial charge is 0.263 e. The Labute approximate surface area is 114 Å². The van der Waals surface area contributed by atoms with Crippen molar-refractivity contribution >= 4 is 5.91 Å². The van der Waals surface area contributed by atoms with Crippen LogP contribution in [0.4, 0.5) is 0 Å². The van der Waals surface area contributed by atoms with Gasteiger partial charge in [-0.05, 0) is 45.2 Å². The highest BCUT2D eigenvalue weighted by molar-refractivity contribution is 5.86. The number of ether oxygens (including phenoxy) is 2. The molecule has 0 aliphatic heterocycles. The molecule has 0 atom stereocenters. The minimum Gasteiger partial charge on any atom is -0.491 e. The van der Waals surface area contributed by atoms with Gasteiger partial charge in [-0.1, -0.05) is 6.07 Å². The molecule has 1 aliphatic carbocycles. The summed E-state index contributed by atoms with van der Waals surface area (Å²) >= 11 is 0. The third kappa shape index (κ3) is 3.00. The molecule has 0 bridgehead atoms. The van der Waals surface area contributed by atoms with Gasteiger partial charge in [-0.2, -0.15) is 0 Å². The highest BCUT2D eigenvalue weighted by Gasteiger charge is 2.46. The van der Waals surface area contributed by atoms with E-state index >= 15 is 0 Å². The number of carbonyl (C=O) groups excluding carboxylic acids is 1. The predicted molar refractivity (Wildman–Crippen MR) is 73.5 cm³/mol. The first kappa shape index (κ1) is 13.7. The zero-order valence-corrected chi connectivity index (χ0v) is 11.7. The summed E-state index contributed by atoms with van der Waals surface area (Å²) < 4.78 is 11.5. The summed E-state index contributed by atoms with van der Waals surface area (Å²) in [6.07, 6.45) is 2.67. The molecule has 19 heavy (non-hydrogen) atoms. The maximum absolute atomic E-state index is 11.9. The van der Waals surface area contributed by atoms with E-state index in [-0.39, 0.29) is 12.0 Å². The van der Waals surface area contributed by atoms with Crippen LogP contribution in [0, 0.1) is 0 Å². The van der Waals surface area contributed by atoms with Crippen LogP contribution in [0.1, 0.15) is 33.1 Å². The van der Waals surface area contributed by atoms with Crippen LogP contribution < -0.4 is 14.8 Å². The number of rotatable bonds is 5. The average molecular weight is 263 g/mol. The Morgan fingerprint density at radius 3 is 2.53 bits per heavy atom. The molecular formula is C15H21NO3. The Bertz CT molecular complexity index is 452. The van der Waals surface area contributed by atoms with Gasteiger partial charge in [0.2, 0.25) is 0 Å². The molecule has 1 saturated carbocycles. The van der Waals surface area contributed by atoms with Crippen molar-refractivity contribution in [3.63, 3.8) is 0 Å². The largest absolute Gasteiger partial charge is 0.491 e. The molecule has 4 heteroatoms. The maximum atomic E-state index is 11.9. The lowest BCUT2D eigenvalue weighted by Gasteiger charge is -2.39. The van der Waals surface area contributed by atoms with Crippen LogP contribution in [0.3, 0.4) is 0 Å². The van der Waals surface area contributed by atoms with Gasteiger partial charge in [0, 0.05) is 13.1 Å². The SMILES string of the molecule is CNC(=O)C1(Oc2cccc(OC(C)C)c2)CCC1. The Kier molecular flexibility index (Phi) is 3.98. The Hall–Kier alpha value is -1.71. The van der Waals surface area contributed by atoms with E-state index in [2.05, 4.69) is 5.32 Å². The van der Waals surface area contributed by atoms with E-state index in [0.29, 0.717) is 5.75 Å². The van der Waals surface area contributed by atoms with Crippen LogP contribution in [0.5, 0.6) is 11.5 Å². The van der Waals surface area contributed by atoms with Crippen LogP contribution in [0.2, 0.25) is 0 Å². The van der Waals surface area contributed by atoms with E-state index in [1.807, 2.05) is 38.1 Å². The summed E-state index contributed by atoms with van der Waals surface area (Å²) in [5.41, 5.74) is -0.689. The normalized spacial score (nSPS) is 16.6. The summed E-state index contributed by atoms with van der Waals surface area (Å²) in [5, 5.41) is 2.68. The van der Waals surface area contributed by atoms with E-state index in [1.54, 1.807) is 7.05 Å². The second-order valence-corrected chi connectivity index (χ2v) is 5.17. The first-order valence-electron chi connectivity index (χ1n) is 6.74. The lowest BCUT2D eigenvalue weighted by Crippen LogP contribution is -2.55. The van der Waals surface area contributed by atoms with Crippen LogP contribution in [-0.2, 0) is 4.79 Å². The van der Waals surface area contributed by atoms with Gasteiger partial charge in [0.15, 0.2) is 5.60 Å². The van der Waals surface area contributed by atoms with Crippen LogP contribution in [-0.4, -0.2) is 24.7 Å². The van der Waals surface area contributed by atoms with Gasteiger partial charge < -0.3 is 14.8 Å². The summed E-state index contributed by atoms with van der Waals surface area (Å²) in [7, 11) is 1.64. The highest BCUT2D eigenvalue weighted by atomic mass is 16.5. The molecule has 1 fully saturated rings. The molecule has 0 unspecified atom stereocenters. The summed E-state index contributed by atoms with van der Waals surface area (Å²) in [6.45, 7) is 3.96. The van der Waals surface area contributed by atoms with Gasteiger partial charge in [-0.25, -0.2) is 0 Å². The van der Waals surface area contributed by atoms with Gasteiger partial charge in [-0.3, -0.25) is 4.79 Å². The maximum Gasteiger partial charge on any atom is 0.263 e. The minimum atomic E-state index is -0.689. The lowest BCUT2D eigenvalue weighted by molar-refractivity contribution is -0.143. The minimum absolute atomic E-state index is 0.0473. The molecule has 2 rings (SSSR count). The molecule has 1 aliphatic rings. The van der Waals surface area contributed by atoms with Crippen molar-refractivity contribution in [2.45, 2.75) is 44.8 Å². The fourth-order valence-electron chi connectivity index (χ4n) is 2.21. The van der Waals surface area contributed by atoms with Crippen molar-refractivity contribution in [2.75, 3.05) is 7.05 Å². The van der Waals surface area contributed by atoms with Gasteiger partial charge in [0.1, 0.15) is 11.5 Å². The number of hydrogen-bond acceptors (Lipinski definition) is 3. The molecule has 0 aromatic heterocycles. The molecule has 0 saturated heterocycles. The number of likely N-dealkylation sites (N-methyl/N-ethyl adjacent to an activating group) is 1. The van der Waals surface area contributed by atoms with E-state index in [4.69, 9.17) is 9.47 Å². The van der Waals surface area contributed by atoms with Crippen molar-refractivity contribution < 1.29 is 14.3 Å². The zero-order valence-electron chi connectivity index (χ0n) is 11.7. The quantitative estimate of drug-likeness (QED) is 0.888.